The maximum Gasteiger partial charge on any atom is 0.110 e. The molecular weight excluding hydrogens is 190 g/mol. The van der Waals surface area contributed by atoms with E-state index in [0.29, 0.717) is 13.0 Å². The van der Waals surface area contributed by atoms with Crippen LogP contribution in [-0.4, -0.2) is 69.1 Å². The van der Waals surface area contributed by atoms with E-state index in [1.165, 1.54) is 0 Å². The molecule has 6 heteroatoms. The Hall–Kier alpha value is -0.240. The molecule has 5 atom stereocenters. The molecule has 1 fully saturated rings. The second-order valence-corrected chi connectivity index (χ2v) is 3.57. The standard InChI is InChI=1S/C8H17NO5/c10-3-5(12)7(13)8(14)6-4(11)1-2-9-6/h4-14H,1-3H2/t4-,5-,6-,7-,8-/m1/s1. The topological polar surface area (TPSA) is 113 Å². The molecule has 84 valence electrons. The molecule has 0 unspecified atom stereocenters. The predicted octanol–water partition coefficient (Wildman–Crippen LogP) is -3.22. The van der Waals surface area contributed by atoms with Gasteiger partial charge >= 0.3 is 0 Å². The van der Waals surface area contributed by atoms with E-state index in [9.17, 15) is 15.3 Å². The Labute approximate surface area is 81.8 Å². The van der Waals surface area contributed by atoms with E-state index in [0.717, 1.165) is 0 Å². The van der Waals surface area contributed by atoms with Crippen LogP contribution in [0, 0.1) is 0 Å². The molecule has 14 heavy (non-hydrogen) atoms. The smallest absolute Gasteiger partial charge is 0.110 e. The molecule has 0 saturated carbocycles. The SMILES string of the molecule is OC[C@@H](O)[C@@H](O)[C@H](O)[C@@H]1NCC[C@H]1O. The van der Waals surface area contributed by atoms with Gasteiger partial charge in [-0.2, -0.15) is 0 Å². The van der Waals surface area contributed by atoms with E-state index < -0.39 is 37.1 Å². The first kappa shape index (κ1) is 11.8. The molecule has 0 spiro atoms. The highest BCUT2D eigenvalue weighted by Gasteiger charge is 2.37. The third kappa shape index (κ3) is 2.41. The molecule has 0 aliphatic carbocycles. The van der Waals surface area contributed by atoms with Crippen LogP contribution in [0.3, 0.4) is 0 Å². The van der Waals surface area contributed by atoms with E-state index in [1.54, 1.807) is 0 Å². The Morgan fingerprint density at radius 2 is 1.93 bits per heavy atom. The van der Waals surface area contributed by atoms with Crippen molar-refractivity contribution in [1.29, 1.82) is 0 Å². The van der Waals surface area contributed by atoms with E-state index in [-0.39, 0.29) is 0 Å². The third-order valence-electron chi connectivity index (χ3n) is 2.53. The molecule has 1 aliphatic heterocycles. The van der Waals surface area contributed by atoms with Gasteiger partial charge in [-0.25, -0.2) is 0 Å². The van der Waals surface area contributed by atoms with Crippen molar-refractivity contribution in [3.05, 3.63) is 0 Å². The summed E-state index contributed by atoms with van der Waals surface area (Å²) >= 11 is 0. The van der Waals surface area contributed by atoms with Gasteiger partial charge in [-0.1, -0.05) is 0 Å². The van der Waals surface area contributed by atoms with Crippen LogP contribution >= 0.6 is 0 Å². The van der Waals surface area contributed by atoms with Gasteiger partial charge in [0, 0.05) is 0 Å². The molecule has 1 rings (SSSR count). The highest BCUT2D eigenvalue weighted by Crippen LogP contribution is 2.14. The van der Waals surface area contributed by atoms with Crippen LogP contribution in [0.1, 0.15) is 6.42 Å². The number of aliphatic hydroxyl groups excluding tert-OH is 5. The lowest BCUT2D eigenvalue weighted by Crippen LogP contribution is -2.52. The van der Waals surface area contributed by atoms with Crippen LogP contribution in [0.2, 0.25) is 0 Å². The fourth-order valence-corrected chi connectivity index (χ4v) is 1.61. The molecule has 6 nitrogen and oxygen atoms in total. The third-order valence-corrected chi connectivity index (χ3v) is 2.53. The lowest BCUT2D eigenvalue weighted by atomic mass is 9.98. The molecule has 0 radical (unpaired) electrons. The second kappa shape index (κ2) is 5.01. The minimum atomic E-state index is -1.45. The van der Waals surface area contributed by atoms with Gasteiger partial charge in [0.25, 0.3) is 0 Å². The van der Waals surface area contributed by atoms with Crippen molar-refractivity contribution in [2.45, 2.75) is 36.9 Å². The Balaban J connectivity index is 2.50. The van der Waals surface area contributed by atoms with Crippen molar-refractivity contribution in [1.82, 2.24) is 5.32 Å². The largest absolute Gasteiger partial charge is 0.394 e. The van der Waals surface area contributed by atoms with Gasteiger partial charge in [-0.3, -0.25) is 0 Å². The van der Waals surface area contributed by atoms with E-state index in [1.807, 2.05) is 0 Å². The fraction of sp³-hybridized carbons (Fsp3) is 1.00. The molecule has 0 amide bonds. The van der Waals surface area contributed by atoms with Crippen LogP contribution in [0.15, 0.2) is 0 Å². The van der Waals surface area contributed by atoms with E-state index in [4.69, 9.17) is 10.2 Å². The minimum Gasteiger partial charge on any atom is -0.394 e. The average molecular weight is 207 g/mol. The van der Waals surface area contributed by atoms with Gasteiger partial charge < -0.3 is 30.8 Å². The Bertz CT molecular complexity index is 179. The molecule has 1 aliphatic rings. The molecule has 1 saturated heterocycles. The average Bonchev–Trinajstić information content (AvgIpc) is 2.61. The van der Waals surface area contributed by atoms with E-state index >= 15 is 0 Å². The maximum atomic E-state index is 9.55. The molecule has 0 aromatic heterocycles. The molecule has 0 aromatic rings. The molecular formula is C8H17NO5. The van der Waals surface area contributed by atoms with Crippen LogP contribution in [0.5, 0.6) is 0 Å². The molecule has 6 N–H and O–H groups in total. The first-order chi connectivity index (χ1) is 6.57. The van der Waals surface area contributed by atoms with E-state index in [2.05, 4.69) is 5.32 Å². The van der Waals surface area contributed by atoms with Gasteiger partial charge in [0.2, 0.25) is 0 Å². The first-order valence-electron chi connectivity index (χ1n) is 4.64. The van der Waals surface area contributed by atoms with Crippen molar-refractivity contribution in [2.24, 2.45) is 0 Å². The summed E-state index contributed by atoms with van der Waals surface area (Å²) in [6.45, 7) is -0.0636. The number of aliphatic hydroxyl groups is 5. The Kier molecular flexibility index (Phi) is 4.24. The predicted molar refractivity (Wildman–Crippen MR) is 47.5 cm³/mol. The number of nitrogens with one attached hydrogen (secondary N) is 1. The maximum absolute atomic E-state index is 9.55. The fourth-order valence-electron chi connectivity index (χ4n) is 1.61. The highest BCUT2D eigenvalue weighted by atomic mass is 16.4. The van der Waals surface area contributed by atoms with Gasteiger partial charge in [-0.15, -0.1) is 0 Å². The van der Waals surface area contributed by atoms with Gasteiger partial charge in [0.05, 0.1) is 18.8 Å². The van der Waals surface area contributed by atoms with Crippen molar-refractivity contribution in [3.63, 3.8) is 0 Å². The van der Waals surface area contributed by atoms with Crippen molar-refractivity contribution < 1.29 is 25.5 Å². The molecule has 0 aromatic carbocycles. The van der Waals surface area contributed by atoms with Crippen LogP contribution in [0.4, 0.5) is 0 Å². The van der Waals surface area contributed by atoms with Crippen molar-refractivity contribution in [2.75, 3.05) is 13.2 Å². The summed E-state index contributed by atoms with van der Waals surface area (Å²) in [5.41, 5.74) is 0. The van der Waals surface area contributed by atoms with Gasteiger partial charge in [-0.05, 0) is 13.0 Å². The van der Waals surface area contributed by atoms with Gasteiger partial charge in [0.15, 0.2) is 0 Å². The summed E-state index contributed by atoms with van der Waals surface area (Å²) in [6.07, 6.45) is -4.35. The van der Waals surface area contributed by atoms with Crippen LogP contribution in [-0.2, 0) is 0 Å². The summed E-state index contributed by atoms with van der Waals surface area (Å²) in [7, 11) is 0. The van der Waals surface area contributed by atoms with Crippen molar-refractivity contribution in [3.8, 4) is 0 Å². The monoisotopic (exact) mass is 207 g/mol. The summed E-state index contributed by atoms with van der Waals surface area (Å²) in [4.78, 5) is 0. The van der Waals surface area contributed by atoms with Crippen molar-refractivity contribution >= 4 is 0 Å². The quantitative estimate of drug-likeness (QED) is 0.289. The summed E-state index contributed by atoms with van der Waals surface area (Å²) in [5, 5.41) is 48.7. The zero-order valence-corrected chi connectivity index (χ0v) is 7.74. The lowest BCUT2D eigenvalue weighted by Gasteiger charge is -2.28. The number of hydrogen-bond acceptors (Lipinski definition) is 6. The summed E-state index contributed by atoms with van der Waals surface area (Å²) in [5.74, 6) is 0. The minimum absolute atomic E-state index is 0.504. The lowest BCUT2D eigenvalue weighted by molar-refractivity contribution is -0.0950. The number of hydrogen-bond donors (Lipinski definition) is 6. The number of rotatable bonds is 4. The summed E-state index contributed by atoms with van der Waals surface area (Å²) in [6, 6.07) is -0.647. The summed E-state index contributed by atoms with van der Waals surface area (Å²) < 4.78 is 0. The normalized spacial score (nSPS) is 34.1. The zero-order chi connectivity index (χ0) is 10.7. The second-order valence-electron chi connectivity index (χ2n) is 3.57. The Morgan fingerprint density at radius 1 is 1.29 bits per heavy atom. The highest BCUT2D eigenvalue weighted by molar-refractivity contribution is 4.93. The van der Waals surface area contributed by atoms with Crippen LogP contribution in [0.25, 0.3) is 0 Å². The van der Waals surface area contributed by atoms with Gasteiger partial charge in [0.1, 0.15) is 18.3 Å². The molecule has 0 bridgehead atoms. The van der Waals surface area contributed by atoms with Crippen LogP contribution < -0.4 is 5.32 Å². The molecule has 1 heterocycles. The first-order valence-corrected chi connectivity index (χ1v) is 4.64. The Morgan fingerprint density at radius 3 is 2.36 bits per heavy atom. The zero-order valence-electron chi connectivity index (χ0n) is 7.74.